The Morgan fingerprint density at radius 3 is 2.52 bits per heavy atom. The zero-order valence-electron chi connectivity index (χ0n) is 14.7. The molecule has 0 radical (unpaired) electrons. The molecule has 1 amide bonds. The van der Waals surface area contributed by atoms with E-state index in [0.717, 1.165) is 5.69 Å². The van der Waals surface area contributed by atoms with E-state index in [0.29, 0.717) is 22.6 Å². The van der Waals surface area contributed by atoms with Crippen molar-refractivity contribution in [3.8, 4) is 0 Å². The first kappa shape index (κ1) is 18.3. The number of carbonyl (C=O) groups is 2. The summed E-state index contributed by atoms with van der Waals surface area (Å²) in [6.45, 7) is 1.51. The maximum absolute atomic E-state index is 13.6. The van der Waals surface area contributed by atoms with Gasteiger partial charge in [0, 0.05) is 11.3 Å². The molecule has 0 saturated carbocycles. The van der Waals surface area contributed by atoms with Crippen LogP contribution in [-0.2, 0) is 11.2 Å². The van der Waals surface area contributed by atoms with Crippen molar-refractivity contribution >= 4 is 28.9 Å². The summed E-state index contributed by atoms with van der Waals surface area (Å²) in [5.74, 6) is -0.169. The Morgan fingerprint density at radius 1 is 1.00 bits per heavy atom. The van der Waals surface area contributed by atoms with Crippen LogP contribution < -0.4 is 10.6 Å². The molecule has 0 aliphatic heterocycles. The largest absolute Gasteiger partial charge is 0.340 e. The molecule has 1 heterocycles. The molecule has 0 bridgehead atoms. The summed E-state index contributed by atoms with van der Waals surface area (Å²) >= 11 is 0. The number of aromatic nitrogens is 1. The SMILES string of the molecule is CC(=O)c1cccc(Nc2ccc(NC(=O)Cc3ccccc3F)cn2)c1. The first-order chi connectivity index (χ1) is 13.0. The number of nitrogens with one attached hydrogen (secondary N) is 2. The highest BCUT2D eigenvalue weighted by atomic mass is 19.1. The normalized spacial score (nSPS) is 10.3. The van der Waals surface area contributed by atoms with Crippen LogP contribution in [0.5, 0.6) is 0 Å². The van der Waals surface area contributed by atoms with E-state index in [2.05, 4.69) is 15.6 Å². The number of hydrogen-bond acceptors (Lipinski definition) is 4. The second-order valence-corrected chi connectivity index (χ2v) is 6.01. The predicted octanol–water partition coefficient (Wildman–Crippen LogP) is 4.35. The molecular weight excluding hydrogens is 345 g/mol. The van der Waals surface area contributed by atoms with Crippen molar-refractivity contribution in [2.75, 3.05) is 10.6 Å². The first-order valence-electron chi connectivity index (χ1n) is 8.38. The van der Waals surface area contributed by atoms with Crippen LogP contribution in [-0.4, -0.2) is 16.7 Å². The van der Waals surface area contributed by atoms with Crippen molar-refractivity contribution < 1.29 is 14.0 Å². The van der Waals surface area contributed by atoms with E-state index in [1.807, 2.05) is 6.07 Å². The molecule has 0 aliphatic carbocycles. The van der Waals surface area contributed by atoms with E-state index in [1.165, 1.54) is 19.2 Å². The molecule has 3 aromatic rings. The third-order valence-electron chi connectivity index (χ3n) is 3.90. The zero-order valence-corrected chi connectivity index (χ0v) is 14.7. The van der Waals surface area contributed by atoms with Crippen molar-refractivity contribution in [3.63, 3.8) is 0 Å². The maximum atomic E-state index is 13.6. The Balaban J connectivity index is 1.62. The highest BCUT2D eigenvalue weighted by Crippen LogP contribution is 2.18. The number of carbonyl (C=O) groups excluding carboxylic acids is 2. The predicted molar refractivity (Wildman–Crippen MR) is 103 cm³/mol. The molecule has 0 atom stereocenters. The van der Waals surface area contributed by atoms with Gasteiger partial charge in [-0.1, -0.05) is 30.3 Å². The molecule has 27 heavy (non-hydrogen) atoms. The van der Waals surface area contributed by atoms with Gasteiger partial charge in [0.1, 0.15) is 11.6 Å². The molecule has 2 aromatic carbocycles. The standard InChI is InChI=1S/C21H18FN3O2/c1-14(26)15-6-4-7-17(11-15)24-20-10-9-18(13-23-20)25-21(27)12-16-5-2-3-8-19(16)22/h2-11,13H,12H2,1H3,(H,23,24)(H,25,27). The number of pyridine rings is 1. The summed E-state index contributed by atoms with van der Waals surface area (Å²) in [5, 5.41) is 5.79. The number of amides is 1. The molecule has 0 fully saturated rings. The summed E-state index contributed by atoms with van der Waals surface area (Å²) in [7, 11) is 0. The van der Waals surface area contributed by atoms with Crippen LogP contribution in [0.15, 0.2) is 66.9 Å². The van der Waals surface area contributed by atoms with Gasteiger partial charge in [0.15, 0.2) is 5.78 Å². The van der Waals surface area contributed by atoms with Gasteiger partial charge in [0.25, 0.3) is 0 Å². The molecule has 0 aliphatic rings. The molecular formula is C21H18FN3O2. The Morgan fingerprint density at radius 2 is 1.81 bits per heavy atom. The van der Waals surface area contributed by atoms with Crippen molar-refractivity contribution in [2.45, 2.75) is 13.3 Å². The summed E-state index contributed by atoms with van der Waals surface area (Å²) < 4.78 is 13.6. The lowest BCUT2D eigenvalue weighted by Crippen LogP contribution is -2.15. The van der Waals surface area contributed by atoms with E-state index in [-0.39, 0.29) is 18.1 Å². The highest BCUT2D eigenvalue weighted by Gasteiger charge is 2.08. The number of ketones is 1. The van der Waals surface area contributed by atoms with Gasteiger partial charge in [-0.2, -0.15) is 0 Å². The molecule has 1 aromatic heterocycles. The first-order valence-corrected chi connectivity index (χ1v) is 8.38. The lowest BCUT2D eigenvalue weighted by molar-refractivity contribution is -0.115. The average Bonchev–Trinajstić information content (AvgIpc) is 2.65. The number of hydrogen-bond donors (Lipinski definition) is 2. The number of nitrogens with zero attached hydrogens (tertiary/aromatic N) is 1. The second-order valence-electron chi connectivity index (χ2n) is 6.01. The number of Topliss-reactive ketones (excluding diaryl/α,β-unsaturated/α-hetero) is 1. The van der Waals surface area contributed by atoms with Crippen LogP contribution in [0.4, 0.5) is 21.6 Å². The van der Waals surface area contributed by atoms with Crippen LogP contribution in [0.25, 0.3) is 0 Å². The fraction of sp³-hybridized carbons (Fsp3) is 0.0952. The topological polar surface area (TPSA) is 71.1 Å². The van der Waals surface area contributed by atoms with Gasteiger partial charge >= 0.3 is 0 Å². The molecule has 0 unspecified atom stereocenters. The minimum Gasteiger partial charge on any atom is -0.340 e. The molecule has 0 saturated heterocycles. The minimum absolute atomic E-state index is 0.0143. The fourth-order valence-electron chi connectivity index (χ4n) is 2.53. The number of rotatable bonds is 6. The lowest BCUT2D eigenvalue weighted by atomic mass is 10.1. The van der Waals surface area contributed by atoms with Gasteiger partial charge in [0.2, 0.25) is 5.91 Å². The highest BCUT2D eigenvalue weighted by molar-refractivity contribution is 5.95. The molecule has 5 nitrogen and oxygen atoms in total. The smallest absolute Gasteiger partial charge is 0.228 e. The molecule has 2 N–H and O–H groups in total. The number of benzene rings is 2. The van der Waals surface area contributed by atoms with E-state index in [4.69, 9.17) is 0 Å². The van der Waals surface area contributed by atoms with Crippen molar-refractivity contribution in [3.05, 3.63) is 83.8 Å². The Labute approximate surface area is 156 Å². The van der Waals surface area contributed by atoms with E-state index < -0.39 is 5.82 Å². The second kappa shape index (κ2) is 8.23. The van der Waals surface area contributed by atoms with E-state index in [9.17, 15) is 14.0 Å². The summed E-state index contributed by atoms with van der Waals surface area (Å²) in [4.78, 5) is 27.7. The van der Waals surface area contributed by atoms with Gasteiger partial charge in [-0.05, 0) is 42.8 Å². The zero-order chi connectivity index (χ0) is 19.2. The molecule has 136 valence electrons. The van der Waals surface area contributed by atoms with Gasteiger partial charge in [-0.3, -0.25) is 9.59 Å². The fourth-order valence-corrected chi connectivity index (χ4v) is 2.53. The number of halogens is 1. The van der Waals surface area contributed by atoms with Crippen LogP contribution in [0.2, 0.25) is 0 Å². The van der Waals surface area contributed by atoms with Crippen molar-refractivity contribution in [2.24, 2.45) is 0 Å². The summed E-state index contributed by atoms with van der Waals surface area (Å²) in [5.41, 5.74) is 2.20. The monoisotopic (exact) mass is 363 g/mol. The minimum atomic E-state index is -0.405. The Kier molecular flexibility index (Phi) is 5.56. The van der Waals surface area contributed by atoms with Crippen molar-refractivity contribution in [1.29, 1.82) is 0 Å². The van der Waals surface area contributed by atoms with Crippen molar-refractivity contribution in [1.82, 2.24) is 4.98 Å². The molecule has 0 spiro atoms. The van der Waals surface area contributed by atoms with Gasteiger partial charge < -0.3 is 10.6 Å². The number of anilines is 3. The van der Waals surface area contributed by atoms with Gasteiger partial charge in [-0.25, -0.2) is 9.37 Å². The molecule has 6 heteroatoms. The van der Waals surface area contributed by atoms with Gasteiger partial charge in [-0.15, -0.1) is 0 Å². The lowest BCUT2D eigenvalue weighted by Gasteiger charge is -2.09. The Bertz CT molecular complexity index is 971. The molecule has 3 rings (SSSR count). The third kappa shape index (κ3) is 4.98. The van der Waals surface area contributed by atoms with Crippen LogP contribution >= 0.6 is 0 Å². The van der Waals surface area contributed by atoms with Crippen LogP contribution in [0.3, 0.4) is 0 Å². The third-order valence-corrected chi connectivity index (χ3v) is 3.90. The Hall–Kier alpha value is -3.54. The van der Waals surface area contributed by atoms with E-state index >= 15 is 0 Å². The quantitative estimate of drug-likeness (QED) is 0.639. The summed E-state index contributed by atoms with van der Waals surface area (Å²) in [6.07, 6.45) is 1.46. The summed E-state index contributed by atoms with van der Waals surface area (Å²) in [6, 6.07) is 16.7. The van der Waals surface area contributed by atoms with Gasteiger partial charge in [0.05, 0.1) is 18.3 Å². The van der Waals surface area contributed by atoms with E-state index in [1.54, 1.807) is 48.5 Å². The van der Waals surface area contributed by atoms with Crippen LogP contribution in [0.1, 0.15) is 22.8 Å². The maximum Gasteiger partial charge on any atom is 0.228 e. The van der Waals surface area contributed by atoms with Crippen LogP contribution in [0, 0.1) is 5.82 Å². The average molecular weight is 363 g/mol.